The quantitative estimate of drug-likeness (QED) is 0.403. The van der Waals surface area contributed by atoms with E-state index in [9.17, 15) is 13.2 Å². The van der Waals surface area contributed by atoms with E-state index in [4.69, 9.17) is 5.21 Å². The average molecular weight is 428 g/mol. The van der Waals surface area contributed by atoms with E-state index in [2.05, 4.69) is 0 Å². The first kappa shape index (κ1) is 21.8. The van der Waals surface area contributed by atoms with Gasteiger partial charge in [-0.05, 0) is 49.4 Å². The second-order valence-corrected chi connectivity index (χ2v) is 9.67. The molecule has 0 aliphatic heterocycles. The Hall–Kier alpha value is -2.94. The summed E-state index contributed by atoms with van der Waals surface area (Å²) in [6.07, 6.45) is 11.3. The fraction of sp³-hybridized carbons (Fsp3) is 0.227. The Bertz CT molecular complexity index is 1100. The van der Waals surface area contributed by atoms with Gasteiger partial charge in [-0.2, -0.15) is 0 Å². The van der Waals surface area contributed by atoms with Crippen molar-refractivity contribution in [1.29, 1.82) is 0 Å². The van der Waals surface area contributed by atoms with Gasteiger partial charge in [0.2, 0.25) is 10.0 Å². The number of benzene rings is 1. The molecule has 0 saturated heterocycles. The van der Waals surface area contributed by atoms with Gasteiger partial charge in [-0.25, -0.2) is 13.9 Å². The zero-order valence-electron chi connectivity index (χ0n) is 16.9. The van der Waals surface area contributed by atoms with Crippen LogP contribution in [0.1, 0.15) is 17.5 Å². The van der Waals surface area contributed by atoms with E-state index < -0.39 is 20.7 Å². The zero-order valence-corrected chi connectivity index (χ0v) is 17.7. The molecule has 0 saturated carbocycles. The highest BCUT2D eigenvalue weighted by atomic mass is 32.2. The Labute approximate surface area is 176 Å². The lowest BCUT2D eigenvalue weighted by Gasteiger charge is -2.35. The molecule has 0 fully saturated rings. The van der Waals surface area contributed by atoms with Gasteiger partial charge in [0.05, 0.1) is 0 Å². The van der Waals surface area contributed by atoms with Crippen LogP contribution in [0.15, 0.2) is 73.1 Å². The maximum atomic E-state index is 13.7. The molecule has 1 unspecified atom stereocenters. The third-order valence-corrected chi connectivity index (χ3v) is 7.15. The molecule has 8 heteroatoms. The molecular weight excluding hydrogens is 402 g/mol. The number of nitrogens with zero attached hydrogens (tertiary/aromatic N) is 2. The van der Waals surface area contributed by atoms with Crippen molar-refractivity contribution < 1.29 is 18.4 Å². The van der Waals surface area contributed by atoms with E-state index in [0.29, 0.717) is 18.5 Å². The second-order valence-electron chi connectivity index (χ2n) is 7.49. The van der Waals surface area contributed by atoms with Gasteiger partial charge in [0.25, 0.3) is 5.91 Å². The molecule has 30 heavy (non-hydrogen) atoms. The summed E-state index contributed by atoms with van der Waals surface area (Å²) in [4.78, 5) is 13.1. The average Bonchev–Trinajstić information content (AvgIpc) is 3.22. The number of hydroxylamine groups is 1. The minimum atomic E-state index is -3.82. The van der Waals surface area contributed by atoms with Crippen LogP contribution in [0, 0.1) is 0 Å². The standard InChI is InChI=1S/C22H25N3O4S/c1-24(2)17-22(13-6-9-20(15-22)19-7-4-3-5-8-19)30(28,29)25-14-12-18(16-25)10-11-21(26)23-27/h3-14,16,27H,15,17H2,1-2H3,(H,23,26)/b11-10+. The van der Waals surface area contributed by atoms with Crippen LogP contribution in [0.25, 0.3) is 11.6 Å². The van der Waals surface area contributed by atoms with Gasteiger partial charge in [-0.3, -0.25) is 14.0 Å². The Morgan fingerprint density at radius 3 is 2.67 bits per heavy atom. The summed E-state index contributed by atoms with van der Waals surface area (Å²) >= 11 is 0. The highest BCUT2D eigenvalue weighted by Crippen LogP contribution is 2.37. The Kier molecular flexibility index (Phi) is 6.40. The molecule has 1 aromatic heterocycles. The van der Waals surface area contributed by atoms with Gasteiger partial charge in [-0.15, -0.1) is 0 Å². The first-order valence-corrected chi connectivity index (χ1v) is 10.9. The Morgan fingerprint density at radius 2 is 2.00 bits per heavy atom. The maximum absolute atomic E-state index is 13.7. The second kappa shape index (κ2) is 8.83. The first-order chi connectivity index (χ1) is 14.3. The van der Waals surface area contributed by atoms with Crippen LogP contribution in [-0.4, -0.2) is 53.8 Å². The van der Waals surface area contributed by atoms with Gasteiger partial charge in [0.1, 0.15) is 4.75 Å². The van der Waals surface area contributed by atoms with Crippen molar-refractivity contribution in [2.75, 3.05) is 20.6 Å². The number of carbonyl (C=O) groups excluding carboxylic acids is 1. The van der Waals surface area contributed by atoms with Gasteiger partial charge in [0.15, 0.2) is 0 Å². The summed E-state index contributed by atoms with van der Waals surface area (Å²) in [5.41, 5.74) is 3.97. The summed E-state index contributed by atoms with van der Waals surface area (Å²) < 4.78 is 27.5. The number of allylic oxidation sites excluding steroid dienone is 3. The summed E-state index contributed by atoms with van der Waals surface area (Å²) in [7, 11) is -0.119. The van der Waals surface area contributed by atoms with Crippen molar-refractivity contribution in [3.8, 4) is 0 Å². The molecule has 0 spiro atoms. The van der Waals surface area contributed by atoms with Crippen molar-refractivity contribution in [3.05, 3.63) is 84.2 Å². The third kappa shape index (κ3) is 4.46. The van der Waals surface area contributed by atoms with E-state index in [1.54, 1.807) is 12.1 Å². The van der Waals surface area contributed by atoms with Crippen molar-refractivity contribution in [3.63, 3.8) is 0 Å². The van der Waals surface area contributed by atoms with E-state index >= 15 is 0 Å². The molecule has 158 valence electrons. The van der Waals surface area contributed by atoms with Crippen LogP contribution in [0.4, 0.5) is 0 Å². The summed E-state index contributed by atoms with van der Waals surface area (Å²) in [6, 6.07) is 11.3. The zero-order chi connectivity index (χ0) is 21.8. The maximum Gasteiger partial charge on any atom is 0.267 e. The molecule has 1 aliphatic rings. The van der Waals surface area contributed by atoms with Crippen LogP contribution in [0.5, 0.6) is 0 Å². The van der Waals surface area contributed by atoms with Crippen molar-refractivity contribution >= 4 is 27.6 Å². The van der Waals surface area contributed by atoms with E-state index in [1.165, 1.54) is 27.9 Å². The molecule has 0 radical (unpaired) electrons. The fourth-order valence-electron chi connectivity index (χ4n) is 3.59. The van der Waals surface area contributed by atoms with E-state index in [-0.39, 0.29) is 0 Å². The highest BCUT2D eigenvalue weighted by molar-refractivity contribution is 7.91. The predicted molar refractivity (Wildman–Crippen MR) is 117 cm³/mol. The lowest BCUT2D eigenvalue weighted by atomic mass is 9.89. The molecular formula is C22H25N3O4S. The predicted octanol–water partition coefficient (Wildman–Crippen LogP) is 2.53. The van der Waals surface area contributed by atoms with Gasteiger partial charge < -0.3 is 4.90 Å². The SMILES string of the molecule is CN(C)CC1(S(=O)(=O)n2ccc(/C=C/C(=O)NO)c2)C=CC=C(c2ccccc2)C1. The molecule has 1 amide bonds. The fourth-order valence-corrected chi connectivity index (χ4v) is 5.50. The monoisotopic (exact) mass is 427 g/mol. The minimum Gasteiger partial charge on any atom is -0.307 e. The van der Waals surface area contributed by atoms with Crippen LogP contribution in [0.3, 0.4) is 0 Å². The smallest absolute Gasteiger partial charge is 0.267 e. The lowest BCUT2D eigenvalue weighted by Crippen LogP contribution is -2.48. The van der Waals surface area contributed by atoms with E-state index in [0.717, 1.165) is 17.2 Å². The van der Waals surface area contributed by atoms with Crippen LogP contribution < -0.4 is 5.48 Å². The number of hydrogen-bond acceptors (Lipinski definition) is 5. The number of amides is 1. The summed E-state index contributed by atoms with van der Waals surface area (Å²) in [5.74, 6) is -0.692. The first-order valence-electron chi connectivity index (χ1n) is 9.41. The topological polar surface area (TPSA) is 91.6 Å². The molecule has 1 aromatic carbocycles. The lowest BCUT2D eigenvalue weighted by molar-refractivity contribution is -0.124. The number of aromatic nitrogens is 1. The molecule has 7 nitrogen and oxygen atoms in total. The molecule has 1 atom stereocenters. The van der Waals surface area contributed by atoms with Gasteiger partial charge in [0, 0.05) is 25.0 Å². The van der Waals surface area contributed by atoms with Crippen LogP contribution in [0.2, 0.25) is 0 Å². The van der Waals surface area contributed by atoms with Crippen molar-refractivity contribution in [1.82, 2.24) is 14.4 Å². The molecule has 0 bridgehead atoms. The highest BCUT2D eigenvalue weighted by Gasteiger charge is 2.45. The number of rotatable bonds is 7. The largest absolute Gasteiger partial charge is 0.307 e. The molecule has 1 aliphatic carbocycles. The van der Waals surface area contributed by atoms with Crippen molar-refractivity contribution in [2.45, 2.75) is 11.2 Å². The van der Waals surface area contributed by atoms with Gasteiger partial charge >= 0.3 is 0 Å². The number of hydrogen-bond donors (Lipinski definition) is 2. The van der Waals surface area contributed by atoms with Crippen LogP contribution in [-0.2, 0) is 14.8 Å². The minimum absolute atomic E-state index is 0.312. The summed E-state index contributed by atoms with van der Waals surface area (Å²) in [5, 5.41) is 8.58. The molecule has 2 N–H and O–H groups in total. The van der Waals surface area contributed by atoms with E-state index in [1.807, 2.05) is 61.5 Å². The number of carbonyl (C=O) groups is 1. The molecule has 1 heterocycles. The molecule has 3 rings (SSSR count). The van der Waals surface area contributed by atoms with Crippen LogP contribution >= 0.6 is 0 Å². The van der Waals surface area contributed by atoms with Crippen molar-refractivity contribution in [2.24, 2.45) is 0 Å². The summed E-state index contributed by atoms with van der Waals surface area (Å²) in [6.45, 7) is 0.312. The molecule has 2 aromatic rings. The van der Waals surface area contributed by atoms with Gasteiger partial charge in [-0.1, -0.05) is 48.6 Å². The normalized spacial score (nSPS) is 19.3. The third-order valence-electron chi connectivity index (χ3n) is 4.93. The Morgan fingerprint density at radius 1 is 1.27 bits per heavy atom. The number of nitrogens with one attached hydrogen (secondary N) is 1. The Balaban J connectivity index is 1.99.